The molecule has 9 unspecified atom stereocenters. The van der Waals surface area contributed by atoms with Gasteiger partial charge in [-0.2, -0.15) is 0 Å². The molecule has 0 aromatic heterocycles. The zero-order valence-corrected chi connectivity index (χ0v) is 23.5. The minimum atomic E-state index is -1.78. The summed E-state index contributed by atoms with van der Waals surface area (Å²) in [5, 5.41) is 62.8. The molecule has 1 aromatic rings. The molecule has 1 heterocycles. The topological polar surface area (TPSA) is 203 Å². The zero-order chi connectivity index (χ0) is 30.6. The molecule has 230 valence electrons. The first-order valence-electron chi connectivity index (χ1n) is 14.4. The van der Waals surface area contributed by atoms with E-state index in [-0.39, 0.29) is 35.7 Å². The van der Waals surface area contributed by atoms with Gasteiger partial charge in [0, 0.05) is 18.3 Å². The van der Waals surface area contributed by atoms with Crippen LogP contribution in [-0.4, -0.2) is 85.6 Å². The molecule has 5 aliphatic rings. The first kappa shape index (κ1) is 30.4. The Kier molecular flexibility index (Phi) is 8.14. The van der Waals surface area contributed by atoms with E-state index in [1.54, 1.807) is 0 Å². The maximum Gasteiger partial charge on any atom is 0.339 e. The van der Waals surface area contributed by atoms with Gasteiger partial charge in [0.25, 0.3) is 0 Å². The number of Topliss-reactive ketones (excluding diaryl/α,β-unsaturated/α-hetero) is 1. The van der Waals surface area contributed by atoms with Gasteiger partial charge in [0.15, 0.2) is 5.75 Å². The molecule has 1 amide bonds. The van der Waals surface area contributed by atoms with Gasteiger partial charge in [-0.05, 0) is 67.9 Å². The third kappa shape index (κ3) is 5.09. The van der Waals surface area contributed by atoms with Gasteiger partial charge in [-0.25, -0.2) is 4.79 Å². The van der Waals surface area contributed by atoms with Crippen LogP contribution in [0.1, 0.15) is 68.6 Å². The highest BCUT2D eigenvalue weighted by Crippen LogP contribution is 2.66. The number of carboxylic acids is 1. The van der Waals surface area contributed by atoms with E-state index >= 15 is 0 Å². The number of rotatable bonds is 8. The van der Waals surface area contributed by atoms with Crippen molar-refractivity contribution in [1.29, 1.82) is 0 Å². The molecule has 9 atom stereocenters. The summed E-state index contributed by atoms with van der Waals surface area (Å²) < 4.78 is 11.0. The van der Waals surface area contributed by atoms with Crippen LogP contribution in [0.5, 0.6) is 11.5 Å². The quantitative estimate of drug-likeness (QED) is 0.172. The number of ether oxygens (including phenoxy) is 2. The van der Waals surface area contributed by atoms with Crippen molar-refractivity contribution in [2.75, 3.05) is 11.9 Å². The lowest BCUT2D eigenvalue weighted by molar-refractivity contribution is -0.277. The number of phenols is 1. The van der Waals surface area contributed by atoms with Crippen molar-refractivity contribution in [1.82, 2.24) is 0 Å². The Morgan fingerprint density at radius 3 is 2.57 bits per heavy atom. The number of aromatic carboxylic acids is 1. The number of amides is 1. The fourth-order valence-corrected chi connectivity index (χ4v) is 7.78. The molecule has 7 N–H and O–H groups in total. The highest BCUT2D eigenvalue weighted by Gasteiger charge is 2.60. The smallest absolute Gasteiger partial charge is 0.339 e. The van der Waals surface area contributed by atoms with E-state index in [1.165, 1.54) is 5.57 Å². The van der Waals surface area contributed by atoms with Gasteiger partial charge in [-0.1, -0.05) is 19.1 Å². The number of anilines is 1. The first-order valence-corrected chi connectivity index (χ1v) is 14.4. The summed E-state index contributed by atoms with van der Waals surface area (Å²) in [5.41, 5.74) is -0.364. The Bertz CT molecular complexity index is 1280. The van der Waals surface area contributed by atoms with E-state index in [2.05, 4.69) is 11.9 Å². The normalized spacial score (nSPS) is 37.7. The molecular weight excluding hydrogens is 550 g/mol. The number of ketones is 1. The summed E-state index contributed by atoms with van der Waals surface area (Å²) in [4.78, 5) is 38.3. The van der Waals surface area contributed by atoms with Crippen LogP contribution >= 0.6 is 0 Å². The number of allylic oxidation sites excluding steroid dienone is 1. The minimum Gasteiger partial charge on any atom is -0.505 e. The van der Waals surface area contributed by atoms with Gasteiger partial charge in [0.2, 0.25) is 12.2 Å². The van der Waals surface area contributed by atoms with Crippen molar-refractivity contribution in [3.05, 3.63) is 29.8 Å². The van der Waals surface area contributed by atoms with Gasteiger partial charge >= 0.3 is 5.97 Å². The molecule has 12 heteroatoms. The Hall–Kier alpha value is -3.03. The van der Waals surface area contributed by atoms with Crippen LogP contribution in [0.2, 0.25) is 0 Å². The van der Waals surface area contributed by atoms with Crippen LogP contribution in [0, 0.1) is 22.7 Å². The second-order valence-electron chi connectivity index (χ2n) is 12.6. The number of fused-ring (bicyclic) bond motifs is 2. The van der Waals surface area contributed by atoms with Crippen LogP contribution in [0.25, 0.3) is 0 Å². The Morgan fingerprint density at radius 2 is 1.90 bits per heavy atom. The van der Waals surface area contributed by atoms with Crippen LogP contribution < -0.4 is 10.1 Å². The zero-order valence-electron chi connectivity index (χ0n) is 23.5. The van der Waals surface area contributed by atoms with E-state index in [1.807, 2.05) is 6.92 Å². The molecule has 4 aliphatic carbocycles. The van der Waals surface area contributed by atoms with Gasteiger partial charge in [-0.3, -0.25) is 9.59 Å². The minimum absolute atomic E-state index is 0.0193. The van der Waals surface area contributed by atoms with E-state index in [4.69, 9.17) is 9.47 Å². The fraction of sp³-hybridized carbons (Fsp3) is 0.633. The predicted octanol–water partition coefficient (Wildman–Crippen LogP) is 1.72. The highest BCUT2D eigenvalue weighted by molar-refractivity contribution is 6.00. The molecule has 42 heavy (non-hydrogen) atoms. The molecule has 4 saturated carbocycles. The molecule has 12 nitrogen and oxygen atoms in total. The van der Waals surface area contributed by atoms with Crippen molar-refractivity contribution in [3.63, 3.8) is 0 Å². The Labute approximate surface area is 243 Å². The third-order valence-corrected chi connectivity index (χ3v) is 10.3. The van der Waals surface area contributed by atoms with Crippen molar-refractivity contribution in [3.8, 4) is 11.5 Å². The summed E-state index contributed by atoms with van der Waals surface area (Å²) >= 11 is 0. The molecule has 1 saturated heterocycles. The van der Waals surface area contributed by atoms with Crippen molar-refractivity contribution in [2.45, 2.75) is 89.0 Å². The number of aliphatic hydroxyl groups excluding tert-OH is 4. The molecular formula is C30H39NO11. The van der Waals surface area contributed by atoms with Crippen molar-refractivity contribution < 1.29 is 54.5 Å². The Morgan fingerprint density at radius 1 is 1.17 bits per heavy atom. The lowest BCUT2D eigenvalue weighted by atomic mass is 9.42. The third-order valence-electron chi connectivity index (χ3n) is 10.3. The van der Waals surface area contributed by atoms with Gasteiger partial charge in [-0.15, -0.1) is 0 Å². The molecule has 0 radical (unpaired) electrons. The van der Waals surface area contributed by atoms with Crippen LogP contribution in [0.15, 0.2) is 24.3 Å². The monoisotopic (exact) mass is 589 g/mol. The molecule has 1 spiro atoms. The lowest BCUT2D eigenvalue weighted by Gasteiger charge is -2.61. The SMILES string of the molecule is C=C1CC23CCC(=O)C(C)(CCC(=O)Nc4c(OC5OC(CO)C(O)C(O)C5O)ccc(C(=O)O)c4O)C2CC1CC3. The maximum absolute atomic E-state index is 13.3. The Balaban J connectivity index is 1.35. The second-order valence-corrected chi connectivity index (χ2v) is 12.6. The standard InChI is InChI=1S/C30H39NO11/c1-14-12-30-9-5-15(14)11-19(30)29(2,20(33)6-10-30)8-7-21(34)31-22-17(4-3-16(23(22)35)27(39)40)41-28-26(38)25(37)24(36)18(13-32)42-28/h3-4,15,18-19,24-26,28,32,35-38H,1,5-13H2,2H3,(H,31,34)(H,39,40). The van der Waals surface area contributed by atoms with Crippen molar-refractivity contribution >= 4 is 23.3 Å². The average Bonchev–Trinajstić information content (AvgIpc) is 2.96. The summed E-state index contributed by atoms with van der Waals surface area (Å²) in [6.45, 7) is 5.52. The van der Waals surface area contributed by atoms with Crippen LogP contribution in [0.3, 0.4) is 0 Å². The highest BCUT2D eigenvalue weighted by atomic mass is 16.7. The summed E-state index contributed by atoms with van der Waals surface area (Å²) in [6, 6.07) is 2.17. The van der Waals surface area contributed by atoms with Gasteiger partial charge < -0.3 is 45.4 Å². The van der Waals surface area contributed by atoms with Gasteiger partial charge in [0.1, 0.15) is 47.2 Å². The number of aliphatic hydroxyl groups is 4. The van der Waals surface area contributed by atoms with Crippen LogP contribution in [0.4, 0.5) is 5.69 Å². The van der Waals surface area contributed by atoms with E-state index < -0.39 is 71.6 Å². The molecule has 5 fully saturated rings. The van der Waals surface area contributed by atoms with Gasteiger partial charge in [0.05, 0.1) is 6.61 Å². The number of carbonyl (C=O) groups is 3. The molecule has 2 bridgehead atoms. The van der Waals surface area contributed by atoms with E-state index in [0.29, 0.717) is 12.3 Å². The fourth-order valence-electron chi connectivity index (χ4n) is 7.78. The van der Waals surface area contributed by atoms with E-state index in [9.17, 15) is 45.0 Å². The second kappa shape index (κ2) is 11.2. The number of benzene rings is 1. The first-order chi connectivity index (χ1) is 19.8. The molecule has 1 aliphatic heterocycles. The predicted molar refractivity (Wildman–Crippen MR) is 147 cm³/mol. The lowest BCUT2D eigenvalue weighted by Crippen LogP contribution is -2.60. The molecule has 6 rings (SSSR count). The maximum atomic E-state index is 13.3. The number of hydrogen-bond acceptors (Lipinski definition) is 10. The molecule has 1 aromatic carbocycles. The number of nitrogens with one attached hydrogen (secondary N) is 1. The number of aromatic hydroxyl groups is 1. The summed E-state index contributed by atoms with van der Waals surface area (Å²) in [5.74, 6) is -2.50. The van der Waals surface area contributed by atoms with Crippen LogP contribution in [-0.2, 0) is 14.3 Å². The summed E-state index contributed by atoms with van der Waals surface area (Å²) in [6.07, 6.45) is -2.69. The number of carbonyl (C=O) groups excluding carboxylic acids is 2. The average molecular weight is 590 g/mol. The largest absolute Gasteiger partial charge is 0.505 e. The van der Waals surface area contributed by atoms with Crippen molar-refractivity contribution in [2.24, 2.45) is 22.7 Å². The van der Waals surface area contributed by atoms with E-state index in [0.717, 1.165) is 44.2 Å². The summed E-state index contributed by atoms with van der Waals surface area (Å²) in [7, 11) is 0. The number of hydrogen-bond donors (Lipinski definition) is 7. The number of carboxylic acid groups (broad SMARTS) is 1.